The minimum atomic E-state index is -1.07. The Morgan fingerprint density at radius 1 is 0.487 bits per heavy atom. The van der Waals surface area contributed by atoms with E-state index < -0.39 is 71.3 Å². The number of carbonyl (C=O) groups excluding carboxylic acids is 4. The monoisotopic (exact) mass is 1080 g/mol. The molecule has 80 heavy (non-hydrogen) atoms. The van der Waals surface area contributed by atoms with E-state index in [4.69, 9.17) is 9.47 Å². The number of aromatic nitrogens is 2. The number of nitrogens with one attached hydrogen (secondary N) is 4. The first kappa shape index (κ1) is 54.2. The third kappa shape index (κ3) is 13.0. The quantitative estimate of drug-likeness (QED) is 0.0267. The molecule has 0 bridgehead atoms. The third-order valence-corrected chi connectivity index (χ3v) is 15.3. The summed E-state index contributed by atoms with van der Waals surface area (Å²) >= 11 is 0. The number of carboxylic acids is 2. The summed E-state index contributed by atoms with van der Waals surface area (Å²) < 4.78 is 12.1. The van der Waals surface area contributed by atoms with Crippen LogP contribution >= 0.6 is 0 Å². The molecular formula is C64H64N6O10. The van der Waals surface area contributed by atoms with Crippen LogP contribution in [0.3, 0.4) is 0 Å². The Balaban J connectivity index is 0.792. The molecule has 2 heterocycles. The zero-order valence-electron chi connectivity index (χ0n) is 44.2. The summed E-state index contributed by atoms with van der Waals surface area (Å²) in [7, 11) is 0. The van der Waals surface area contributed by atoms with Crippen molar-refractivity contribution in [2.75, 3.05) is 26.2 Å². The van der Waals surface area contributed by atoms with Crippen LogP contribution in [0.15, 0.2) is 170 Å². The first-order chi connectivity index (χ1) is 39.0. The topological polar surface area (TPSA) is 223 Å². The van der Waals surface area contributed by atoms with Crippen LogP contribution in [0.1, 0.15) is 70.4 Å². The van der Waals surface area contributed by atoms with Gasteiger partial charge in [0.15, 0.2) is 0 Å². The minimum Gasteiger partial charge on any atom is -0.481 e. The summed E-state index contributed by atoms with van der Waals surface area (Å²) in [5.74, 6) is -4.47. The lowest BCUT2D eigenvalue weighted by Gasteiger charge is -2.32. The first-order valence-corrected chi connectivity index (χ1v) is 27.4. The normalized spacial score (nSPS) is 16.9. The number of carbonyl (C=O) groups is 6. The van der Waals surface area contributed by atoms with Crippen LogP contribution in [0, 0.1) is 23.7 Å². The van der Waals surface area contributed by atoms with Crippen molar-refractivity contribution in [3.05, 3.63) is 192 Å². The number of aromatic amines is 2. The number of hydrogen-bond donors (Lipinski definition) is 6. The Hall–Kier alpha value is -9.18. The van der Waals surface area contributed by atoms with Crippen LogP contribution in [-0.2, 0) is 32.0 Å². The highest BCUT2D eigenvalue weighted by Gasteiger charge is 2.54. The molecule has 4 amide bonds. The SMILES string of the molecule is O=C(O)C1CC1C(C(=O)NCCCCCCNC(=O)C(C1CC1C(=O)O)N(CCc1c[nH]c2ccccc12)C(=O)c1cccc(Oc2ccccc2)c1)N(CCc1c[nH]c2ccccc12)C(=O)c1cccc(Oc2ccccc2)c1. The van der Waals surface area contributed by atoms with Gasteiger partial charge in [-0.25, -0.2) is 0 Å². The van der Waals surface area contributed by atoms with Crippen LogP contribution in [0.4, 0.5) is 0 Å². The number of aliphatic carboxylic acids is 2. The molecule has 6 N–H and O–H groups in total. The molecule has 16 heteroatoms. The fraction of sp³-hybridized carbons (Fsp3) is 0.281. The van der Waals surface area contributed by atoms with Crippen molar-refractivity contribution in [2.24, 2.45) is 23.7 Å². The van der Waals surface area contributed by atoms with Crippen LogP contribution in [0.2, 0.25) is 0 Å². The van der Waals surface area contributed by atoms with Gasteiger partial charge in [0.25, 0.3) is 11.8 Å². The summed E-state index contributed by atoms with van der Waals surface area (Å²) in [4.78, 5) is 92.8. The van der Waals surface area contributed by atoms with Gasteiger partial charge >= 0.3 is 11.9 Å². The molecule has 410 valence electrons. The molecule has 0 radical (unpaired) electrons. The number of rotatable bonds is 27. The van der Waals surface area contributed by atoms with Gasteiger partial charge in [0.2, 0.25) is 11.8 Å². The molecule has 0 aliphatic heterocycles. The Kier molecular flexibility index (Phi) is 17.0. The molecule has 10 rings (SSSR count). The molecule has 2 fully saturated rings. The summed E-state index contributed by atoms with van der Waals surface area (Å²) in [6, 6.07) is 45.4. The van der Waals surface area contributed by atoms with Gasteiger partial charge in [-0.1, -0.05) is 97.8 Å². The lowest BCUT2D eigenvalue weighted by Crippen LogP contribution is -2.52. The van der Waals surface area contributed by atoms with E-state index in [2.05, 4.69) is 20.6 Å². The molecule has 16 nitrogen and oxygen atoms in total. The predicted octanol–water partition coefficient (Wildman–Crippen LogP) is 10.3. The van der Waals surface area contributed by atoms with E-state index in [-0.39, 0.29) is 39.0 Å². The van der Waals surface area contributed by atoms with Crippen LogP contribution in [-0.4, -0.2) is 104 Å². The van der Waals surface area contributed by atoms with Crippen molar-refractivity contribution in [1.82, 2.24) is 30.4 Å². The van der Waals surface area contributed by atoms with Gasteiger partial charge in [0, 0.05) is 83.3 Å². The van der Waals surface area contributed by atoms with E-state index in [1.54, 1.807) is 48.5 Å². The third-order valence-electron chi connectivity index (χ3n) is 15.3. The van der Waals surface area contributed by atoms with E-state index >= 15 is 0 Å². The van der Waals surface area contributed by atoms with Gasteiger partial charge < -0.3 is 50.1 Å². The predicted molar refractivity (Wildman–Crippen MR) is 303 cm³/mol. The molecule has 6 atom stereocenters. The van der Waals surface area contributed by atoms with Crippen LogP contribution < -0.4 is 20.1 Å². The van der Waals surface area contributed by atoms with Crippen molar-refractivity contribution >= 4 is 57.4 Å². The molecule has 8 aromatic rings. The summed E-state index contributed by atoms with van der Waals surface area (Å²) in [5.41, 5.74) is 4.37. The molecule has 0 saturated heterocycles. The maximum absolute atomic E-state index is 14.8. The summed E-state index contributed by atoms with van der Waals surface area (Å²) in [6.45, 7) is 0.816. The van der Waals surface area contributed by atoms with Gasteiger partial charge in [0.1, 0.15) is 35.1 Å². The first-order valence-electron chi connectivity index (χ1n) is 27.4. The Labute approximate surface area is 463 Å². The Morgan fingerprint density at radius 3 is 1.27 bits per heavy atom. The number of para-hydroxylation sites is 4. The molecule has 2 aromatic heterocycles. The second kappa shape index (κ2) is 25.1. The summed E-state index contributed by atoms with van der Waals surface area (Å²) in [5, 5.41) is 28.3. The Morgan fingerprint density at radius 2 is 0.875 bits per heavy atom. The van der Waals surface area contributed by atoms with E-state index in [1.807, 2.05) is 122 Å². The number of fused-ring (bicyclic) bond motifs is 2. The number of benzene rings is 6. The van der Waals surface area contributed by atoms with E-state index in [0.29, 0.717) is 72.6 Å². The average molecular weight is 1080 g/mol. The number of hydrogen-bond acceptors (Lipinski definition) is 8. The number of nitrogens with zero attached hydrogens (tertiary/aromatic N) is 2. The largest absolute Gasteiger partial charge is 0.481 e. The maximum atomic E-state index is 14.8. The zero-order valence-corrected chi connectivity index (χ0v) is 44.2. The van der Waals surface area contributed by atoms with Crippen molar-refractivity contribution in [3.63, 3.8) is 0 Å². The number of ether oxygens (including phenoxy) is 2. The standard InChI is InChI=1S/C64H64N6O10/c71-59(57(51-37-53(51)63(75)76)69(33-29-43-39-67-55-27-11-9-25-49(43)55)61(73)41-17-15-23-47(35-41)79-45-19-5-3-6-20-45)65-31-13-1-2-14-32-66-60(72)58(52-38-54(52)64(77)78)70(34-30-44-40-68-56-28-12-10-26-50(44)56)62(74)42-18-16-24-48(36-42)80-46-21-7-4-8-22-46/h3-12,15-28,35-36,39-40,51-54,57-58,67-68H,1-2,13-14,29-34,37-38H2,(H,65,71)(H,66,72)(H,75,76)(H,77,78). The lowest BCUT2D eigenvalue weighted by atomic mass is 10.0. The van der Waals surface area contributed by atoms with Crippen LogP contribution in [0.5, 0.6) is 23.0 Å². The number of H-pyrrole nitrogens is 2. The average Bonchev–Trinajstić information content (AvgIpc) is 4.41. The molecule has 2 aliphatic carbocycles. The minimum absolute atomic E-state index is 0.141. The maximum Gasteiger partial charge on any atom is 0.306 e. The Bertz CT molecular complexity index is 3260. The van der Waals surface area contributed by atoms with Gasteiger partial charge in [-0.15, -0.1) is 0 Å². The van der Waals surface area contributed by atoms with E-state index in [9.17, 15) is 39.0 Å². The molecule has 6 aromatic carbocycles. The summed E-state index contributed by atoms with van der Waals surface area (Å²) in [6.07, 6.45) is 7.57. The van der Waals surface area contributed by atoms with Crippen molar-refractivity contribution in [2.45, 2.75) is 63.5 Å². The van der Waals surface area contributed by atoms with Gasteiger partial charge in [0.05, 0.1) is 11.8 Å². The highest BCUT2D eigenvalue weighted by Crippen LogP contribution is 2.45. The zero-order chi connectivity index (χ0) is 55.5. The van der Waals surface area contributed by atoms with Gasteiger partial charge in [-0.05, 0) is 122 Å². The van der Waals surface area contributed by atoms with Crippen molar-refractivity contribution in [3.8, 4) is 23.0 Å². The fourth-order valence-corrected chi connectivity index (χ4v) is 10.9. The second-order valence-electron chi connectivity index (χ2n) is 20.7. The van der Waals surface area contributed by atoms with Crippen LogP contribution in [0.25, 0.3) is 21.8 Å². The highest BCUT2D eigenvalue weighted by atomic mass is 16.5. The second-order valence-corrected chi connectivity index (χ2v) is 20.7. The molecular weight excluding hydrogens is 1010 g/mol. The molecule has 2 aliphatic rings. The number of carboxylic acid groups (broad SMARTS) is 2. The van der Waals surface area contributed by atoms with Crippen molar-refractivity contribution < 1.29 is 48.5 Å². The number of amides is 4. The molecule has 2 saturated carbocycles. The van der Waals surface area contributed by atoms with Crippen molar-refractivity contribution in [1.29, 1.82) is 0 Å². The smallest absolute Gasteiger partial charge is 0.306 e. The highest BCUT2D eigenvalue weighted by molar-refractivity contribution is 6.00. The molecule has 6 unspecified atom stereocenters. The van der Waals surface area contributed by atoms with E-state index in [0.717, 1.165) is 32.9 Å². The van der Waals surface area contributed by atoms with Gasteiger partial charge in [-0.2, -0.15) is 0 Å². The molecule has 0 spiro atoms. The van der Waals surface area contributed by atoms with E-state index in [1.165, 1.54) is 9.80 Å². The van der Waals surface area contributed by atoms with Gasteiger partial charge in [-0.3, -0.25) is 28.8 Å². The lowest BCUT2D eigenvalue weighted by molar-refractivity contribution is -0.140. The fourth-order valence-electron chi connectivity index (χ4n) is 10.9. The number of unbranched alkanes of at least 4 members (excludes halogenated alkanes) is 3.